The number of rotatable bonds is 7. The lowest BCUT2D eigenvalue weighted by Crippen LogP contribution is -2.28. The average molecular weight is 730 g/mol. The Morgan fingerprint density at radius 2 is 0.842 bits per heavy atom. The molecule has 10 rings (SSSR count). The summed E-state index contributed by atoms with van der Waals surface area (Å²) in [7, 11) is 0. The van der Waals surface area contributed by atoms with E-state index in [4.69, 9.17) is 15.0 Å². The summed E-state index contributed by atoms with van der Waals surface area (Å²) >= 11 is 0. The molecule has 0 fully saturated rings. The molecular weight excluding hydrogens is 691 g/mol. The maximum absolute atomic E-state index is 5.23. The maximum atomic E-state index is 5.23. The van der Waals surface area contributed by atoms with Gasteiger partial charge in [-0.25, -0.2) is 9.97 Å². The summed E-state index contributed by atoms with van der Waals surface area (Å²) in [5.74, 6) is 0.705. The monoisotopic (exact) mass is 729 g/mol. The highest BCUT2D eigenvalue weighted by atomic mass is 14.9. The summed E-state index contributed by atoms with van der Waals surface area (Å²) in [4.78, 5) is 15.0. The van der Waals surface area contributed by atoms with Gasteiger partial charge < -0.3 is 0 Å². The Hall–Kier alpha value is -7.23. The fourth-order valence-corrected chi connectivity index (χ4v) is 8.77. The van der Waals surface area contributed by atoms with Gasteiger partial charge in [-0.2, -0.15) is 0 Å². The van der Waals surface area contributed by atoms with Crippen molar-refractivity contribution in [3.8, 4) is 67.3 Å². The van der Waals surface area contributed by atoms with Gasteiger partial charge in [-0.1, -0.05) is 176 Å². The summed E-state index contributed by atoms with van der Waals surface area (Å²) in [5, 5.41) is 0. The van der Waals surface area contributed by atoms with Crippen molar-refractivity contribution in [1.29, 1.82) is 0 Å². The van der Waals surface area contributed by atoms with Crippen LogP contribution in [0.1, 0.15) is 33.6 Å². The van der Waals surface area contributed by atoms with Crippen LogP contribution in [0.3, 0.4) is 0 Å². The van der Waals surface area contributed by atoms with E-state index >= 15 is 0 Å². The summed E-state index contributed by atoms with van der Waals surface area (Å²) in [6, 6.07) is 71.9. The zero-order chi connectivity index (χ0) is 38.3. The van der Waals surface area contributed by atoms with E-state index in [1.54, 1.807) is 0 Å². The third-order valence-corrected chi connectivity index (χ3v) is 11.4. The molecule has 57 heavy (non-hydrogen) atoms. The molecular formula is C54H39N3. The van der Waals surface area contributed by atoms with E-state index in [-0.39, 0.29) is 0 Å². The molecule has 2 aromatic heterocycles. The highest BCUT2D eigenvalue weighted by molar-refractivity contribution is 5.87. The number of nitrogens with zero attached hydrogens (tertiary/aromatic N) is 3. The predicted molar refractivity (Wildman–Crippen MR) is 234 cm³/mol. The second kappa shape index (κ2) is 14.1. The Kier molecular flexibility index (Phi) is 8.49. The minimum Gasteiger partial charge on any atom is -0.258 e. The van der Waals surface area contributed by atoms with Crippen LogP contribution in [0.2, 0.25) is 0 Å². The second-order valence-corrected chi connectivity index (χ2v) is 14.9. The van der Waals surface area contributed by atoms with Crippen LogP contribution in [0.25, 0.3) is 67.3 Å². The topological polar surface area (TPSA) is 38.7 Å². The number of pyridine rings is 1. The summed E-state index contributed by atoms with van der Waals surface area (Å²) in [6.07, 6.45) is 0. The fourth-order valence-electron chi connectivity index (χ4n) is 8.77. The van der Waals surface area contributed by atoms with Gasteiger partial charge in [-0.15, -0.1) is 0 Å². The molecule has 0 amide bonds. The first kappa shape index (κ1) is 34.3. The Labute approximate surface area is 334 Å². The van der Waals surface area contributed by atoms with Gasteiger partial charge in [-0.05, 0) is 88.2 Å². The summed E-state index contributed by atoms with van der Waals surface area (Å²) < 4.78 is 0. The van der Waals surface area contributed by atoms with E-state index in [1.807, 2.05) is 31.2 Å². The van der Waals surface area contributed by atoms with Crippen molar-refractivity contribution in [2.24, 2.45) is 0 Å². The van der Waals surface area contributed by atoms with Gasteiger partial charge in [0.25, 0.3) is 0 Å². The van der Waals surface area contributed by atoms with Crippen molar-refractivity contribution in [3.05, 3.63) is 234 Å². The van der Waals surface area contributed by atoms with Crippen LogP contribution < -0.4 is 0 Å². The molecule has 0 aliphatic heterocycles. The zero-order valence-corrected chi connectivity index (χ0v) is 31.9. The number of fused-ring (bicyclic) bond motifs is 3. The molecule has 7 aromatic carbocycles. The first-order chi connectivity index (χ1) is 28.1. The van der Waals surface area contributed by atoms with Crippen molar-refractivity contribution in [2.75, 3.05) is 0 Å². The van der Waals surface area contributed by atoms with Crippen LogP contribution >= 0.6 is 0 Å². The van der Waals surface area contributed by atoms with Crippen molar-refractivity contribution in [3.63, 3.8) is 0 Å². The quantitative estimate of drug-likeness (QED) is 0.164. The van der Waals surface area contributed by atoms with Crippen LogP contribution in [0.4, 0.5) is 0 Å². The van der Waals surface area contributed by atoms with E-state index in [1.165, 1.54) is 50.1 Å². The van der Waals surface area contributed by atoms with Crippen molar-refractivity contribution >= 4 is 0 Å². The van der Waals surface area contributed by atoms with E-state index in [9.17, 15) is 0 Å². The van der Waals surface area contributed by atoms with E-state index in [2.05, 4.69) is 183 Å². The van der Waals surface area contributed by atoms with Crippen LogP contribution in [-0.4, -0.2) is 15.0 Å². The standard InChI is InChI=1S/C54H39N3/c1-36-27-32-46(37(2)55-36)39-30-28-38(29-31-39)42-19-13-21-44(33-42)54(49-25-11-9-23-47(49)48-24-10-12-26-50(48)54)45-22-14-20-43(34-45)52-35-51(40-15-5-3-6-16-40)56-53(57-52)41-17-7-4-8-18-41/h3-35H,1-2H3. The van der Waals surface area contributed by atoms with Crippen molar-refractivity contribution in [1.82, 2.24) is 15.0 Å². The molecule has 9 aromatic rings. The first-order valence-electron chi connectivity index (χ1n) is 19.5. The van der Waals surface area contributed by atoms with Gasteiger partial charge in [0.1, 0.15) is 0 Å². The average Bonchev–Trinajstić information content (AvgIpc) is 3.58. The van der Waals surface area contributed by atoms with Gasteiger partial charge in [0.2, 0.25) is 0 Å². The minimum atomic E-state index is -0.582. The van der Waals surface area contributed by atoms with E-state index in [0.29, 0.717) is 5.82 Å². The molecule has 3 nitrogen and oxygen atoms in total. The fraction of sp³-hybridized carbons (Fsp3) is 0.0556. The number of aromatic nitrogens is 3. The highest BCUT2D eigenvalue weighted by Gasteiger charge is 2.46. The maximum Gasteiger partial charge on any atom is 0.160 e. The molecule has 270 valence electrons. The van der Waals surface area contributed by atoms with Crippen molar-refractivity contribution < 1.29 is 0 Å². The zero-order valence-electron chi connectivity index (χ0n) is 31.9. The van der Waals surface area contributed by atoms with Gasteiger partial charge in [0, 0.05) is 33.6 Å². The van der Waals surface area contributed by atoms with Gasteiger partial charge >= 0.3 is 0 Å². The molecule has 0 unspecified atom stereocenters. The van der Waals surface area contributed by atoms with E-state index in [0.717, 1.165) is 45.0 Å². The Morgan fingerprint density at radius 3 is 1.47 bits per heavy atom. The van der Waals surface area contributed by atoms with Gasteiger partial charge in [0.05, 0.1) is 16.8 Å². The lowest BCUT2D eigenvalue weighted by Gasteiger charge is -2.34. The molecule has 0 spiro atoms. The smallest absolute Gasteiger partial charge is 0.160 e. The Balaban J connectivity index is 1.16. The number of hydrogen-bond acceptors (Lipinski definition) is 3. The lowest BCUT2D eigenvalue weighted by atomic mass is 9.67. The third-order valence-electron chi connectivity index (χ3n) is 11.4. The van der Waals surface area contributed by atoms with Crippen LogP contribution in [0, 0.1) is 13.8 Å². The SMILES string of the molecule is Cc1ccc(-c2ccc(-c3cccc(C4(c5cccc(-c6cc(-c7ccccc7)nc(-c7ccccc7)n6)c5)c5ccccc5-c5ccccc54)c3)cc2)c(C)n1. The predicted octanol–water partition coefficient (Wildman–Crippen LogP) is 13.2. The normalized spacial score (nSPS) is 12.5. The summed E-state index contributed by atoms with van der Waals surface area (Å²) in [5.41, 5.74) is 18.5. The summed E-state index contributed by atoms with van der Waals surface area (Å²) in [6.45, 7) is 4.12. The lowest BCUT2D eigenvalue weighted by molar-refractivity contribution is 0.769. The number of benzene rings is 7. The molecule has 0 atom stereocenters. The molecule has 1 aliphatic rings. The molecule has 0 bridgehead atoms. The van der Waals surface area contributed by atoms with Crippen LogP contribution in [-0.2, 0) is 5.41 Å². The molecule has 0 saturated heterocycles. The molecule has 0 N–H and O–H groups in total. The largest absolute Gasteiger partial charge is 0.258 e. The van der Waals surface area contributed by atoms with Crippen molar-refractivity contribution in [2.45, 2.75) is 19.3 Å². The van der Waals surface area contributed by atoms with Gasteiger partial charge in [-0.3, -0.25) is 4.98 Å². The van der Waals surface area contributed by atoms with E-state index < -0.39 is 5.41 Å². The molecule has 0 saturated carbocycles. The first-order valence-corrected chi connectivity index (χ1v) is 19.5. The third kappa shape index (κ3) is 5.96. The molecule has 0 radical (unpaired) electrons. The minimum absolute atomic E-state index is 0.582. The second-order valence-electron chi connectivity index (χ2n) is 14.9. The molecule has 2 heterocycles. The highest BCUT2D eigenvalue weighted by Crippen LogP contribution is 2.56. The number of hydrogen-bond donors (Lipinski definition) is 0. The molecule has 3 heteroatoms. The van der Waals surface area contributed by atoms with Crippen LogP contribution in [0.5, 0.6) is 0 Å². The number of aryl methyl sites for hydroxylation is 2. The molecule has 1 aliphatic carbocycles. The Bertz CT molecular complexity index is 2810. The Morgan fingerprint density at radius 1 is 0.333 bits per heavy atom. The van der Waals surface area contributed by atoms with Gasteiger partial charge in [0.15, 0.2) is 5.82 Å². The van der Waals surface area contributed by atoms with Crippen LogP contribution in [0.15, 0.2) is 200 Å².